The topological polar surface area (TPSA) is 47.3 Å². The Balaban J connectivity index is 2.20. The van der Waals surface area contributed by atoms with Gasteiger partial charge in [-0.15, -0.1) is 0 Å². The molecule has 4 nitrogen and oxygen atoms in total. The van der Waals surface area contributed by atoms with Gasteiger partial charge in [-0.1, -0.05) is 6.92 Å². The minimum Gasteiger partial charge on any atom is -0.444 e. The van der Waals surface area contributed by atoms with Crippen LogP contribution in [0.15, 0.2) is 10.6 Å². The molecule has 0 bridgehead atoms. The standard InChI is InChI=1S/C12H22N2O2/c1-5-10-8-14-11(16-10)9-13-7-6-12(2,3)15-4/h8,13H,5-7,9H2,1-4H3. The van der Waals surface area contributed by atoms with E-state index in [9.17, 15) is 0 Å². The molecule has 0 aliphatic carbocycles. The van der Waals surface area contributed by atoms with Crippen molar-refractivity contribution in [3.63, 3.8) is 0 Å². The molecule has 92 valence electrons. The summed E-state index contributed by atoms with van der Waals surface area (Å²) in [5.41, 5.74) is -0.0713. The molecule has 0 spiro atoms. The Bertz CT molecular complexity index is 308. The normalized spacial score (nSPS) is 12.0. The van der Waals surface area contributed by atoms with Crippen molar-refractivity contribution in [2.45, 2.75) is 45.8 Å². The Hall–Kier alpha value is -0.870. The molecule has 1 heterocycles. The van der Waals surface area contributed by atoms with Crippen LogP contribution in [-0.4, -0.2) is 24.2 Å². The highest BCUT2D eigenvalue weighted by Gasteiger charge is 2.15. The lowest BCUT2D eigenvalue weighted by atomic mass is 10.1. The summed E-state index contributed by atoms with van der Waals surface area (Å²) < 4.78 is 10.8. The van der Waals surface area contributed by atoms with Gasteiger partial charge in [0.2, 0.25) is 5.89 Å². The summed E-state index contributed by atoms with van der Waals surface area (Å²) >= 11 is 0. The van der Waals surface area contributed by atoms with E-state index in [1.165, 1.54) is 0 Å². The molecule has 1 aromatic rings. The van der Waals surface area contributed by atoms with Crippen LogP contribution < -0.4 is 5.32 Å². The maximum absolute atomic E-state index is 5.49. The summed E-state index contributed by atoms with van der Waals surface area (Å²) in [6.07, 6.45) is 3.64. The van der Waals surface area contributed by atoms with Gasteiger partial charge in [0.15, 0.2) is 0 Å². The van der Waals surface area contributed by atoms with Crippen molar-refractivity contribution in [1.82, 2.24) is 10.3 Å². The van der Waals surface area contributed by atoms with Crippen molar-refractivity contribution >= 4 is 0 Å². The van der Waals surface area contributed by atoms with Gasteiger partial charge in [0.25, 0.3) is 0 Å². The summed E-state index contributed by atoms with van der Waals surface area (Å²) in [5.74, 6) is 1.70. The number of aromatic nitrogens is 1. The van der Waals surface area contributed by atoms with Crippen LogP contribution in [0.4, 0.5) is 0 Å². The second kappa shape index (κ2) is 6.01. The molecule has 0 fully saturated rings. The van der Waals surface area contributed by atoms with Crippen LogP contribution in [0.1, 0.15) is 38.8 Å². The average Bonchev–Trinajstić information content (AvgIpc) is 2.72. The number of hydrogen-bond donors (Lipinski definition) is 1. The van der Waals surface area contributed by atoms with E-state index in [4.69, 9.17) is 9.15 Å². The van der Waals surface area contributed by atoms with E-state index in [0.717, 1.165) is 31.0 Å². The van der Waals surface area contributed by atoms with Crippen molar-refractivity contribution in [1.29, 1.82) is 0 Å². The minimum absolute atomic E-state index is 0.0713. The molecule has 0 aliphatic heterocycles. The summed E-state index contributed by atoms with van der Waals surface area (Å²) in [4.78, 5) is 4.18. The zero-order chi connectivity index (χ0) is 12.0. The molecule has 0 radical (unpaired) electrons. The third-order valence-corrected chi connectivity index (χ3v) is 2.68. The van der Waals surface area contributed by atoms with E-state index in [0.29, 0.717) is 6.54 Å². The molecule has 16 heavy (non-hydrogen) atoms. The van der Waals surface area contributed by atoms with Gasteiger partial charge in [-0.25, -0.2) is 4.98 Å². The molecule has 0 amide bonds. The fourth-order valence-corrected chi connectivity index (χ4v) is 1.28. The largest absolute Gasteiger partial charge is 0.444 e. The molecule has 4 heteroatoms. The number of rotatable bonds is 7. The summed E-state index contributed by atoms with van der Waals surface area (Å²) in [6.45, 7) is 7.79. The first-order valence-electron chi connectivity index (χ1n) is 5.77. The first kappa shape index (κ1) is 13.2. The van der Waals surface area contributed by atoms with E-state index in [1.54, 1.807) is 13.3 Å². The molecular weight excluding hydrogens is 204 g/mol. The molecule has 0 aliphatic rings. The number of aryl methyl sites for hydroxylation is 1. The number of nitrogens with zero attached hydrogens (tertiary/aromatic N) is 1. The monoisotopic (exact) mass is 226 g/mol. The zero-order valence-corrected chi connectivity index (χ0v) is 10.7. The second-order valence-electron chi connectivity index (χ2n) is 4.46. The smallest absolute Gasteiger partial charge is 0.208 e. The Labute approximate surface area is 97.4 Å². The number of oxazole rings is 1. The molecular formula is C12H22N2O2. The Morgan fingerprint density at radius 2 is 2.25 bits per heavy atom. The molecule has 1 aromatic heterocycles. The van der Waals surface area contributed by atoms with Crippen molar-refractivity contribution in [3.05, 3.63) is 17.8 Å². The SMILES string of the molecule is CCc1cnc(CNCCC(C)(C)OC)o1. The van der Waals surface area contributed by atoms with E-state index in [-0.39, 0.29) is 5.60 Å². The minimum atomic E-state index is -0.0713. The zero-order valence-electron chi connectivity index (χ0n) is 10.7. The summed E-state index contributed by atoms with van der Waals surface area (Å²) in [7, 11) is 1.74. The van der Waals surface area contributed by atoms with E-state index in [2.05, 4.69) is 31.1 Å². The first-order valence-corrected chi connectivity index (χ1v) is 5.77. The highest BCUT2D eigenvalue weighted by Crippen LogP contribution is 2.11. The van der Waals surface area contributed by atoms with Crippen LogP contribution in [0.25, 0.3) is 0 Å². The predicted molar refractivity (Wildman–Crippen MR) is 63.3 cm³/mol. The number of ether oxygens (including phenoxy) is 1. The third kappa shape index (κ3) is 4.33. The molecule has 1 N–H and O–H groups in total. The van der Waals surface area contributed by atoms with Gasteiger partial charge in [-0.05, 0) is 26.8 Å². The molecule has 0 unspecified atom stereocenters. The van der Waals surface area contributed by atoms with Crippen LogP contribution in [-0.2, 0) is 17.7 Å². The fraction of sp³-hybridized carbons (Fsp3) is 0.750. The van der Waals surface area contributed by atoms with Crippen LogP contribution in [0, 0.1) is 0 Å². The predicted octanol–water partition coefficient (Wildman–Crippen LogP) is 2.14. The lowest BCUT2D eigenvalue weighted by Crippen LogP contribution is -2.28. The molecule has 0 saturated heterocycles. The highest BCUT2D eigenvalue weighted by atomic mass is 16.5. The van der Waals surface area contributed by atoms with Gasteiger partial charge >= 0.3 is 0 Å². The van der Waals surface area contributed by atoms with Crippen LogP contribution in [0.5, 0.6) is 0 Å². The van der Waals surface area contributed by atoms with Gasteiger partial charge in [-0.2, -0.15) is 0 Å². The second-order valence-corrected chi connectivity index (χ2v) is 4.46. The van der Waals surface area contributed by atoms with E-state index in [1.807, 2.05) is 0 Å². The van der Waals surface area contributed by atoms with Crippen molar-refractivity contribution in [2.24, 2.45) is 0 Å². The Morgan fingerprint density at radius 1 is 1.50 bits per heavy atom. The van der Waals surface area contributed by atoms with Gasteiger partial charge in [-0.3, -0.25) is 0 Å². The average molecular weight is 226 g/mol. The van der Waals surface area contributed by atoms with Crippen molar-refractivity contribution < 1.29 is 9.15 Å². The third-order valence-electron chi connectivity index (χ3n) is 2.68. The maximum Gasteiger partial charge on any atom is 0.208 e. The number of nitrogens with one attached hydrogen (secondary N) is 1. The van der Waals surface area contributed by atoms with Crippen LogP contribution >= 0.6 is 0 Å². The maximum atomic E-state index is 5.49. The Kier molecular flexibility index (Phi) is 4.96. The molecule has 1 rings (SSSR count). The quantitative estimate of drug-likeness (QED) is 0.724. The van der Waals surface area contributed by atoms with Crippen molar-refractivity contribution in [3.8, 4) is 0 Å². The lowest BCUT2D eigenvalue weighted by molar-refractivity contribution is 0.0157. The number of methoxy groups -OCH3 is 1. The molecule has 0 saturated carbocycles. The van der Waals surface area contributed by atoms with Crippen LogP contribution in [0.2, 0.25) is 0 Å². The number of hydrogen-bond acceptors (Lipinski definition) is 4. The van der Waals surface area contributed by atoms with Gasteiger partial charge in [0.05, 0.1) is 18.3 Å². The first-order chi connectivity index (χ1) is 7.57. The van der Waals surface area contributed by atoms with Crippen molar-refractivity contribution in [2.75, 3.05) is 13.7 Å². The van der Waals surface area contributed by atoms with E-state index < -0.39 is 0 Å². The van der Waals surface area contributed by atoms with E-state index >= 15 is 0 Å². The van der Waals surface area contributed by atoms with Gasteiger partial charge in [0, 0.05) is 13.5 Å². The summed E-state index contributed by atoms with van der Waals surface area (Å²) in [6, 6.07) is 0. The van der Waals surface area contributed by atoms with Gasteiger partial charge in [0.1, 0.15) is 5.76 Å². The summed E-state index contributed by atoms with van der Waals surface area (Å²) in [5, 5.41) is 3.29. The van der Waals surface area contributed by atoms with Crippen LogP contribution in [0.3, 0.4) is 0 Å². The fourth-order valence-electron chi connectivity index (χ4n) is 1.28. The highest BCUT2D eigenvalue weighted by molar-refractivity contribution is 4.93. The lowest BCUT2D eigenvalue weighted by Gasteiger charge is -2.22. The van der Waals surface area contributed by atoms with Gasteiger partial charge < -0.3 is 14.5 Å². The molecule has 0 aromatic carbocycles. The molecule has 0 atom stereocenters. The Morgan fingerprint density at radius 3 is 2.81 bits per heavy atom.